The summed E-state index contributed by atoms with van der Waals surface area (Å²) in [4.78, 5) is 13.8. The molecule has 0 rings (SSSR count). The second-order valence-corrected chi connectivity index (χ2v) is 6.40. The van der Waals surface area contributed by atoms with E-state index in [1.54, 1.807) is 0 Å². The van der Waals surface area contributed by atoms with Crippen molar-refractivity contribution in [3.05, 3.63) is 0 Å². The van der Waals surface area contributed by atoms with Crippen molar-refractivity contribution in [2.24, 2.45) is 11.3 Å². The lowest BCUT2D eigenvalue weighted by Crippen LogP contribution is -2.40. The summed E-state index contributed by atoms with van der Waals surface area (Å²) >= 11 is 0. The van der Waals surface area contributed by atoms with Crippen molar-refractivity contribution in [3.8, 4) is 0 Å². The Labute approximate surface area is 112 Å². The number of carbonyl (C=O) groups excluding carboxylic acids is 1. The molecule has 0 heterocycles. The molecule has 0 spiro atoms. The molecular formula is C14H30N2O2. The van der Waals surface area contributed by atoms with Crippen LogP contribution >= 0.6 is 0 Å². The summed E-state index contributed by atoms with van der Waals surface area (Å²) in [5, 5.41) is 2.97. The van der Waals surface area contributed by atoms with Crippen molar-refractivity contribution in [1.29, 1.82) is 0 Å². The van der Waals surface area contributed by atoms with Gasteiger partial charge in [0, 0.05) is 26.1 Å². The first kappa shape index (κ1) is 17.4. The van der Waals surface area contributed by atoms with Gasteiger partial charge in [0.15, 0.2) is 0 Å². The van der Waals surface area contributed by atoms with Crippen molar-refractivity contribution in [1.82, 2.24) is 10.2 Å². The first-order valence-electron chi connectivity index (χ1n) is 6.72. The zero-order valence-corrected chi connectivity index (χ0v) is 12.9. The summed E-state index contributed by atoms with van der Waals surface area (Å²) in [7, 11) is 4.09. The summed E-state index contributed by atoms with van der Waals surface area (Å²) in [6.45, 7) is 11.4. The van der Waals surface area contributed by atoms with Crippen LogP contribution in [-0.2, 0) is 9.53 Å². The Kier molecular flexibility index (Phi) is 8.20. The third-order valence-corrected chi connectivity index (χ3v) is 2.43. The maximum Gasteiger partial charge on any atom is 0.222 e. The smallest absolute Gasteiger partial charge is 0.222 e. The summed E-state index contributed by atoms with van der Waals surface area (Å²) in [5.41, 5.74) is 0.0952. The lowest BCUT2D eigenvalue weighted by atomic mass is 9.93. The summed E-state index contributed by atoms with van der Waals surface area (Å²) in [5.74, 6) is 0.595. The van der Waals surface area contributed by atoms with Crippen LogP contribution in [0.3, 0.4) is 0 Å². The number of amides is 1. The van der Waals surface area contributed by atoms with Gasteiger partial charge in [0.2, 0.25) is 5.91 Å². The zero-order valence-electron chi connectivity index (χ0n) is 12.9. The van der Waals surface area contributed by atoms with Crippen LogP contribution in [0.4, 0.5) is 0 Å². The average Bonchev–Trinajstić information content (AvgIpc) is 2.19. The quantitative estimate of drug-likeness (QED) is 0.641. The fraction of sp³-hybridized carbons (Fsp3) is 0.929. The third-order valence-electron chi connectivity index (χ3n) is 2.43. The van der Waals surface area contributed by atoms with E-state index >= 15 is 0 Å². The molecule has 0 aromatic heterocycles. The van der Waals surface area contributed by atoms with Gasteiger partial charge in [-0.3, -0.25) is 4.79 Å². The van der Waals surface area contributed by atoms with Crippen LogP contribution in [-0.4, -0.2) is 51.2 Å². The van der Waals surface area contributed by atoms with Gasteiger partial charge in [0.1, 0.15) is 0 Å². The summed E-state index contributed by atoms with van der Waals surface area (Å²) in [6.07, 6.45) is 0.449. The molecule has 4 heteroatoms. The molecule has 0 aliphatic rings. The first-order valence-corrected chi connectivity index (χ1v) is 6.72. The monoisotopic (exact) mass is 258 g/mol. The fourth-order valence-corrected chi connectivity index (χ4v) is 1.82. The van der Waals surface area contributed by atoms with E-state index in [2.05, 4.69) is 37.9 Å². The maximum absolute atomic E-state index is 11.6. The molecule has 4 nitrogen and oxygen atoms in total. The minimum Gasteiger partial charge on any atom is -0.381 e. The van der Waals surface area contributed by atoms with Gasteiger partial charge in [0.05, 0.1) is 6.61 Å². The van der Waals surface area contributed by atoms with Gasteiger partial charge >= 0.3 is 0 Å². The molecule has 108 valence electrons. The Hall–Kier alpha value is -0.610. The van der Waals surface area contributed by atoms with Crippen molar-refractivity contribution < 1.29 is 9.53 Å². The Morgan fingerprint density at radius 3 is 2.44 bits per heavy atom. The van der Waals surface area contributed by atoms with E-state index in [0.29, 0.717) is 25.5 Å². The molecule has 0 saturated heterocycles. The molecule has 0 aromatic rings. The number of rotatable bonds is 9. The highest BCUT2D eigenvalue weighted by Gasteiger charge is 2.19. The summed E-state index contributed by atoms with van der Waals surface area (Å²) < 4.78 is 5.39. The zero-order chi connectivity index (χ0) is 14.2. The van der Waals surface area contributed by atoms with Crippen LogP contribution in [0.25, 0.3) is 0 Å². The molecule has 1 N–H and O–H groups in total. The maximum atomic E-state index is 11.6. The van der Waals surface area contributed by atoms with Gasteiger partial charge in [0.25, 0.3) is 0 Å². The molecule has 0 aromatic carbocycles. The van der Waals surface area contributed by atoms with Crippen LogP contribution in [0.15, 0.2) is 0 Å². The van der Waals surface area contributed by atoms with Crippen molar-refractivity contribution >= 4 is 5.91 Å². The van der Waals surface area contributed by atoms with Gasteiger partial charge in [-0.05, 0) is 25.4 Å². The minimum absolute atomic E-state index is 0.0746. The van der Waals surface area contributed by atoms with Gasteiger partial charge in [-0.2, -0.15) is 0 Å². The van der Waals surface area contributed by atoms with Crippen LogP contribution in [0.2, 0.25) is 0 Å². The molecule has 0 atom stereocenters. The third kappa shape index (κ3) is 10.5. The summed E-state index contributed by atoms with van der Waals surface area (Å²) in [6, 6.07) is 0. The van der Waals surface area contributed by atoms with Crippen LogP contribution in [0, 0.1) is 11.3 Å². The second kappa shape index (κ2) is 8.48. The molecule has 0 saturated carbocycles. The number of hydrogen-bond acceptors (Lipinski definition) is 3. The molecular weight excluding hydrogens is 228 g/mol. The normalized spacial score (nSPS) is 12.2. The van der Waals surface area contributed by atoms with Crippen molar-refractivity contribution in [2.75, 3.05) is 40.4 Å². The Morgan fingerprint density at radius 2 is 1.94 bits per heavy atom. The standard InChI is InChI=1S/C14H30N2O2/c1-12(2)9-18-8-7-13(17)15-10-14(3,4)11-16(5)6/h12H,7-11H2,1-6H3,(H,15,17). The van der Waals surface area contributed by atoms with Crippen LogP contribution < -0.4 is 5.32 Å². The van der Waals surface area contributed by atoms with E-state index in [0.717, 1.165) is 13.2 Å². The predicted octanol–water partition coefficient (Wildman–Crippen LogP) is 1.75. The first-order chi connectivity index (χ1) is 8.23. The van der Waals surface area contributed by atoms with Gasteiger partial charge in [-0.25, -0.2) is 0 Å². The molecule has 0 bridgehead atoms. The molecule has 0 fully saturated rings. The number of carbonyl (C=O) groups is 1. The fourth-order valence-electron chi connectivity index (χ4n) is 1.82. The average molecular weight is 258 g/mol. The minimum atomic E-state index is 0.0746. The molecule has 1 amide bonds. The second-order valence-electron chi connectivity index (χ2n) is 6.40. The van der Waals surface area contributed by atoms with Gasteiger partial charge < -0.3 is 15.0 Å². The lowest BCUT2D eigenvalue weighted by molar-refractivity contribution is -0.122. The number of ether oxygens (including phenoxy) is 1. The number of nitrogens with zero attached hydrogens (tertiary/aromatic N) is 1. The molecule has 18 heavy (non-hydrogen) atoms. The lowest BCUT2D eigenvalue weighted by Gasteiger charge is -2.28. The van der Waals surface area contributed by atoms with E-state index < -0.39 is 0 Å². The SMILES string of the molecule is CC(C)COCCC(=O)NCC(C)(C)CN(C)C. The Balaban J connectivity index is 3.69. The molecule has 0 aliphatic heterocycles. The molecule has 0 unspecified atom stereocenters. The van der Waals surface area contributed by atoms with Gasteiger partial charge in [-0.1, -0.05) is 27.7 Å². The van der Waals surface area contributed by atoms with E-state index in [-0.39, 0.29) is 11.3 Å². The highest BCUT2D eigenvalue weighted by molar-refractivity contribution is 5.75. The van der Waals surface area contributed by atoms with E-state index in [1.165, 1.54) is 0 Å². The molecule has 0 radical (unpaired) electrons. The highest BCUT2D eigenvalue weighted by atomic mass is 16.5. The molecule has 0 aliphatic carbocycles. The Bertz CT molecular complexity index is 238. The number of hydrogen-bond donors (Lipinski definition) is 1. The predicted molar refractivity (Wildman–Crippen MR) is 75.6 cm³/mol. The largest absolute Gasteiger partial charge is 0.381 e. The number of nitrogens with one attached hydrogen (secondary N) is 1. The highest BCUT2D eigenvalue weighted by Crippen LogP contribution is 2.14. The van der Waals surface area contributed by atoms with Gasteiger partial charge in [-0.15, -0.1) is 0 Å². The van der Waals surface area contributed by atoms with Crippen molar-refractivity contribution in [3.63, 3.8) is 0 Å². The van der Waals surface area contributed by atoms with E-state index in [4.69, 9.17) is 4.74 Å². The van der Waals surface area contributed by atoms with Crippen LogP contribution in [0.1, 0.15) is 34.1 Å². The van der Waals surface area contributed by atoms with Crippen LogP contribution in [0.5, 0.6) is 0 Å². The topological polar surface area (TPSA) is 41.6 Å². The van der Waals surface area contributed by atoms with E-state index in [9.17, 15) is 4.79 Å². The van der Waals surface area contributed by atoms with E-state index in [1.807, 2.05) is 14.1 Å². The Morgan fingerprint density at radius 1 is 1.33 bits per heavy atom. The van der Waals surface area contributed by atoms with Crippen molar-refractivity contribution in [2.45, 2.75) is 34.1 Å².